The molecule has 2 heterocycles. The Kier molecular flexibility index (Phi) is 4.18. The lowest BCUT2D eigenvalue weighted by molar-refractivity contribution is 0.229. The van der Waals surface area contributed by atoms with Crippen molar-refractivity contribution < 1.29 is 0 Å². The largest absolute Gasteiger partial charge is 0.381 e. The molecule has 88 valence electrons. The molecule has 1 saturated heterocycles. The summed E-state index contributed by atoms with van der Waals surface area (Å²) in [4.78, 5) is 6.57. The maximum atomic E-state index is 4.07. The standard InChI is InChI=1S/C12H18BrN3/c1-2-16-7-4-10(5-8-16)15-12-3-6-14-9-11(12)13/h3,6,9-10H,2,4-5,7-8H2,1H3,(H,14,15). The van der Waals surface area contributed by atoms with Gasteiger partial charge >= 0.3 is 0 Å². The summed E-state index contributed by atoms with van der Waals surface area (Å²) >= 11 is 3.51. The molecule has 0 bridgehead atoms. The van der Waals surface area contributed by atoms with Crippen LogP contribution >= 0.6 is 15.9 Å². The molecule has 4 heteroatoms. The first-order chi connectivity index (χ1) is 7.79. The Labute approximate surface area is 105 Å². The van der Waals surface area contributed by atoms with Crippen LogP contribution in [0.3, 0.4) is 0 Å². The molecule has 2 rings (SSSR count). The second-order valence-electron chi connectivity index (χ2n) is 4.21. The van der Waals surface area contributed by atoms with Gasteiger partial charge in [0.2, 0.25) is 0 Å². The van der Waals surface area contributed by atoms with Crippen molar-refractivity contribution in [1.82, 2.24) is 9.88 Å². The quantitative estimate of drug-likeness (QED) is 0.925. The van der Waals surface area contributed by atoms with Gasteiger partial charge in [-0.3, -0.25) is 4.98 Å². The number of piperidine rings is 1. The second kappa shape index (κ2) is 5.64. The van der Waals surface area contributed by atoms with Crippen molar-refractivity contribution >= 4 is 21.6 Å². The predicted molar refractivity (Wildman–Crippen MR) is 70.7 cm³/mol. The van der Waals surface area contributed by atoms with Gasteiger partial charge in [-0.2, -0.15) is 0 Å². The van der Waals surface area contributed by atoms with Crippen molar-refractivity contribution in [3.05, 3.63) is 22.9 Å². The van der Waals surface area contributed by atoms with Gasteiger partial charge in [0.25, 0.3) is 0 Å². The van der Waals surface area contributed by atoms with Crippen LogP contribution in [0.15, 0.2) is 22.9 Å². The number of nitrogens with zero attached hydrogens (tertiary/aromatic N) is 2. The Morgan fingerprint density at radius 2 is 2.25 bits per heavy atom. The average Bonchev–Trinajstić information content (AvgIpc) is 2.33. The highest BCUT2D eigenvalue weighted by molar-refractivity contribution is 9.10. The molecule has 1 aliphatic rings. The van der Waals surface area contributed by atoms with Crippen molar-refractivity contribution in [1.29, 1.82) is 0 Å². The van der Waals surface area contributed by atoms with Gasteiger partial charge in [-0.05, 0) is 41.4 Å². The molecule has 0 atom stereocenters. The Morgan fingerprint density at radius 3 is 2.88 bits per heavy atom. The minimum atomic E-state index is 0.599. The molecule has 1 aromatic rings. The third kappa shape index (κ3) is 2.95. The van der Waals surface area contributed by atoms with Crippen LogP contribution in [-0.2, 0) is 0 Å². The van der Waals surface area contributed by atoms with E-state index in [1.54, 1.807) is 0 Å². The minimum absolute atomic E-state index is 0.599. The Balaban J connectivity index is 1.89. The second-order valence-corrected chi connectivity index (χ2v) is 5.06. The van der Waals surface area contributed by atoms with Gasteiger partial charge < -0.3 is 10.2 Å². The molecule has 0 amide bonds. The number of likely N-dealkylation sites (tertiary alicyclic amines) is 1. The van der Waals surface area contributed by atoms with Gasteiger partial charge in [-0.1, -0.05) is 6.92 Å². The fourth-order valence-electron chi connectivity index (χ4n) is 2.11. The highest BCUT2D eigenvalue weighted by Crippen LogP contribution is 2.23. The molecular formula is C12H18BrN3. The third-order valence-corrected chi connectivity index (χ3v) is 3.80. The molecule has 0 unspecified atom stereocenters. The van der Waals surface area contributed by atoms with Crippen LogP contribution in [0.25, 0.3) is 0 Å². The molecule has 0 saturated carbocycles. The summed E-state index contributed by atoms with van der Waals surface area (Å²) in [5.74, 6) is 0. The van der Waals surface area contributed by atoms with Gasteiger partial charge in [0, 0.05) is 31.5 Å². The fraction of sp³-hybridized carbons (Fsp3) is 0.583. The number of halogens is 1. The summed E-state index contributed by atoms with van der Waals surface area (Å²) in [5.41, 5.74) is 1.16. The van der Waals surface area contributed by atoms with Crippen LogP contribution in [0, 0.1) is 0 Å². The van der Waals surface area contributed by atoms with E-state index in [-0.39, 0.29) is 0 Å². The van der Waals surface area contributed by atoms with Crippen LogP contribution in [0.1, 0.15) is 19.8 Å². The molecular weight excluding hydrogens is 266 g/mol. The lowest BCUT2D eigenvalue weighted by Crippen LogP contribution is -2.38. The fourth-order valence-corrected chi connectivity index (χ4v) is 2.47. The van der Waals surface area contributed by atoms with E-state index >= 15 is 0 Å². The predicted octanol–water partition coefficient (Wildman–Crippen LogP) is 2.74. The van der Waals surface area contributed by atoms with Crippen molar-refractivity contribution in [3.63, 3.8) is 0 Å². The van der Waals surface area contributed by atoms with Crippen molar-refractivity contribution in [2.75, 3.05) is 25.0 Å². The van der Waals surface area contributed by atoms with E-state index in [0.29, 0.717) is 6.04 Å². The van der Waals surface area contributed by atoms with Gasteiger partial charge in [0.05, 0.1) is 10.2 Å². The van der Waals surface area contributed by atoms with Crippen LogP contribution < -0.4 is 5.32 Å². The maximum absolute atomic E-state index is 4.07. The van der Waals surface area contributed by atoms with Crippen LogP contribution in [0.5, 0.6) is 0 Å². The van der Waals surface area contributed by atoms with Crippen molar-refractivity contribution in [2.45, 2.75) is 25.8 Å². The van der Waals surface area contributed by atoms with Crippen molar-refractivity contribution in [2.24, 2.45) is 0 Å². The number of hydrogen-bond donors (Lipinski definition) is 1. The summed E-state index contributed by atoms with van der Waals surface area (Å²) in [6.45, 7) is 5.81. The van der Waals surface area contributed by atoms with E-state index in [2.05, 4.69) is 38.1 Å². The van der Waals surface area contributed by atoms with E-state index in [1.165, 1.54) is 32.5 Å². The Bertz CT molecular complexity index is 335. The molecule has 16 heavy (non-hydrogen) atoms. The first kappa shape index (κ1) is 11.9. The monoisotopic (exact) mass is 283 g/mol. The molecule has 1 fully saturated rings. The number of nitrogens with one attached hydrogen (secondary N) is 1. The zero-order chi connectivity index (χ0) is 11.4. The highest BCUT2D eigenvalue weighted by Gasteiger charge is 2.18. The van der Waals surface area contributed by atoms with Gasteiger partial charge in [0.1, 0.15) is 0 Å². The molecule has 0 spiro atoms. The molecule has 1 aromatic heterocycles. The number of anilines is 1. The lowest BCUT2D eigenvalue weighted by Gasteiger charge is -2.32. The van der Waals surface area contributed by atoms with Crippen LogP contribution in [0.2, 0.25) is 0 Å². The van der Waals surface area contributed by atoms with Gasteiger partial charge in [-0.15, -0.1) is 0 Å². The van der Waals surface area contributed by atoms with Crippen molar-refractivity contribution in [3.8, 4) is 0 Å². The molecule has 1 N–H and O–H groups in total. The smallest absolute Gasteiger partial charge is 0.0590 e. The number of rotatable bonds is 3. The number of hydrogen-bond acceptors (Lipinski definition) is 3. The Hall–Kier alpha value is -0.610. The molecule has 0 radical (unpaired) electrons. The average molecular weight is 284 g/mol. The van der Waals surface area contributed by atoms with Gasteiger partial charge in [-0.25, -0.2) is 0 Å². The zero-order valence-electron chi connectivity index (χ0n) is 9.62. The van der Waals surface area contributed by atoms with E-state index in [1.807, 2.05) is 18.5 Å². The number of aromatic nitrogens is 1. The van der Waals surface area contributed by atoms with Crippen LogP contribution in [-0.4, -0.2) is 35.6 Å². The topological polar surface area (TPSA) is 28.2 Å². The maximum Gasteiger partial charge on any atom is 0.0590 e. The zero-order valence-corrected chi connectivity index (χ0v) is 11.2. The highest BCUT2D eigenvalue weighted by atomic mass is 79.9. The van der Waals surface area contributed by atoms with E-state index < -0.39 is 0 Å². The third-order valence-electron chi connectivity index (χ3n) is 3.17. The summed E-state index contributed by atoms with van der Waals surface area (Å²) in [7, 11) is 0. The van der Waals surface area contributed by atoms with E-state index in [4.69, 9.17) is 0 Å². The summed E-state index contributed by atoms with van der Waals surface area (Å²) in [6, 6.07) is 2.62. The lowest BCUT2D eigenvalue weighted by atomic mass is 10.0. The van der Waals surface area contributed by atoms with E-state index in [0.717, 1.165) is 10.2 Å². The Morgan fingerprint density at radius 1 is 1.50 bits per heavy atom. The first-order valence-corrected chi connectivity index (χ1v) is 6.67. The molecule has 0 aliphatic carbocycles. The number of pyridine rings is 1. The SMILES string of the molecule is CCN1CCC(Nc2ccncc2Br)CC1. The normalized spacial score (nSPS) is 18.6. The summed E-state index contributed by atoms with van der Waals surface area (Å²) < 4.78 is 1.05. The summed E-state index contributed by atoms with van der Waals surface area (Å²) in [6.07, 6.45) is 6.11. The van der Waals surface area contributed by atoms with E-state index in [9.17, 15) is 0 Å². The molecule has 3 nitrogen and oxygen atoms in total. The van der Waals surface area contributed by atoms with Crippen LogP contribution in [0.4, 0.5) is 5.69 Å². The first-order valence-electron chi connectivity index (χ1n) is 5.88. The van der Waals surface area contributed by atoms with Gasteiger partial charge in [0.15, 0.2) is 0 Å². The molecule has 0 aromatic carbocycles. The minimum Gasteiger partial charge on any atom is -0.381 e. The molecule has 1 aliphatic heterocycles. The summed E-state index contributed by atoms with van der Waals surface area (Å²) in [5, 5.41) is 3.58.